The van der Waals surface area contributed by atoms with Crippen LogP contribution in [0, 0.1) is 0 Å². The van der Waals surface area contributed by atoms with Crippen LogP contribution in [0.1, 0.15) is 44.9 Å². The number of hydrogen-bond acceptors (Lipinski definition) is 2. The summed E-state index contributed by atoms with van der Waals surface area (Å²) in [7, 11) is 0. The maximum Gasteiger partial charge on any atom is 0.126 e. The molecule has 2 aromatic rings. The summed E-state index contributed by atoms with van der Waals surface area (Å²) >= 11 is 0. The zero-order valence-corrected chi connectivity index (χ0v) is 12.1. The fraction of sp³-hybridized carbons (Fsp3) is 0.353. The van der Waals surface area contributed by atoms with E-state index in [0.29, 0.717) is 0 Å². The highest BCUT2D eigenvalue weighted by Crippen LogP contribution is 2.23. The lowest BCUT2D eigenvalue weighted by Gasteiger charge is -2.20. The van der Waals surface area contributed by atoms with Crippen molar-refractivity contribution in [2.24, 2.45) is 0 Å². The van der Waals surface area contributed by atoms with Gasteiger partial charge in [-0.05, 0) is 29.5 Å². The van der Waals surface area contributed by atoms with Crippen molar-refractivity contribution < 1.29 is 0 Å². The Kier molecular flexibility index (Phi) is 3.89. The van der Waals surface area contributed by atoms with Crippen molar-refractivity contribution in [3.63, 3.8) is 0 Å². The average molecular weight is 254 g/mol. The summed E-state index contributed by atoms with van der Waals surface area (Å²) in [5, 5.41) is 3.43. The molecule has 2 rings (SSSR count). The fourth-order valence-electron chi connectivity index (χ4n) is 1.97. The van der Waals surface area contributed by atoms with Gasteiger partial charge in [-0.25, -0.2) is 4.98 Å². The maximum absolute atomic E-state index is 4.50. The topological polar surface area (TPSA) is 24.9 Å². The van der Waals surface area contributed by atoms with Crippen molar-refractivity contribution in [2.45, 2.75) is 39.2 Å². The minimum Gasteiger partial charge on any atom is -0.364 e. The predicted octanol–water partition coefficient (Wildman–Crippen LogP) is 4.55. The minimum absolute atomic E-state index is 0.149. The van der Waals surface area contributed by atoms with Crippen molar-refractivity contribution in [1.29, 1.82) is 0 Å². The van der Waals surface area contributed by atoms with Crippen molar-refractivity contribution in [3.8, 4) is 0 Å². The van der Waals surface area contributed by atoms with Gasteiger partial charge < -0.3 is 5.32 Å². The largest absolute Gasteiger partial charge is 0.364 e. The molecule has 0 radical (unpaired) electrons. The van der Waals surface area contributed by atoms with Crippen LogP contribution in [-0.2, 0) is 5.41 Å². The zero-order chi connectivity index (χ0) is 13.9. The molecule has 19 heavy (non-hydrogen) atoms. The summed E-state index contributed by atoms with van der Waals surface area (Å²) in [6, 6.07) is 14.9. The molecule has 0 aliphatic carbocycles. The van der Waals surface area contributed by atoms with Crippen LogP contribution >= 0.6 is 0 Å². The van der Waals surface area contributed by atoms with Crippen LogP contribution in [-0.4, -0.2) is 4.98 Å². The molecule has 1 N–H and O–H groups in total. The zero-order valence-electron chi connectivity index (χ0n) is 12.1. The summed E-state index contributed by atoms with van der Waals surface area (Å²) in [6.07, 6.45) is 1.96. The molecular formula is C17H22N2. The first kappa shape index (κ1) is 13.6. The predicted molar refractivity (Wildman–Crippen MR) is 81.4 cm³/mol. The van der Waals surface area contributed by atoms with Crippen LogP contribution in [0.3, 0.4) is 0 Å². The highest BCUT2D eigenvalue weighted by Gasteiger charge is 2.14. The van der Waals surface area contributed by atoms with Gasteiger partial charge in [0.05, 0.1) is 0 Å². The van der Waals surface area contributed by atoms with Crippen molar-refractivity contribution in [3.05, 3.63) is 59.8 Å². The Balaban J connectivity index is 2.08. The van der Waals surface area contributed by atoms with E-state index in [0.717, 1.165) is 5.82 Å². The Morgan fingerprint density at radius 1 is 1.00 bits per heavy atom. The van der Waals surface area contributed by atoms with Crippen LogP contribution in [0.15, 0.2) is 48.7 Å². The van der Waals surface area contributed by atoms with Crippen molar-refractivity contribution in [1.82, 2.24) is 4.98 Å². The number of anilines is 1. The molecule has 1 atom stereocenters. The summed E-state index contributed by atoms with van der Waals surface area (Å²) in [5.41, 5.74) is 2.67. The summed E-state index contributed by atoms with van der Waals surface area (Å²) in [5.74, 6) is 0.921. The van der Waals surface area contributed by atoms with E-state index in [4.69, 9.17) is 0 Å². The molecule has 0 amide bonds. The Bertz CT molecular complexity index is 509. The lowest BCUT2D eigenvalue weighted by molar-refractivity contribution is 0.587. The molecule has 100 valence electrons. The van der Waals surface area contributed by atoms with E-state index in [-0.39, 0.29) is 11.5 Å². The molecule has 1 heterocycles. The van der Waals surface area contributed by atoms with Crippen LogP contribution in [0.5, 0.6) is 0 Å². The smallest absolute Gasteiger partial charge is 0.126 e. The first-order valence-electron chi connectivity index (χ1n) is 6.75. The molecule has 0 bridgehead atoms. The van der Waals surface area contributed by atoms with E-state index in [9.17, 15) is 0 Å². The molecule has 0 saturated heterocycles. The van der Waals surface area contributed by atoms with E-state index >= 15 is 0 Å². The van der Waals surface area contributed by atoms with E-state index in [2.05, 4.69) is 74.4 Å². The highest BCUT2D eigenvalue weighted by molar-refractivity contribution is 5.40. The molecule has 0 fully saturated rings. The van der Waals surface area contributed by atoms with E-state index in [1.165, 1.54) is 11.1 Å². The second-order valence-electron chi connectivity index (χ2n) is 5.96. The van der Waals surface area contributed by atoms with Crippen LogP contribution < -0.4 is 5.32 Å². The van der Waals surface area contributed by atoms with Gasteiger partial charge >= 0.3 is 0 Å². The number of nitrogens with zero attached hydrogens (tertiary/aromatic N) is 1. The number of hydrogen-bond donors (Lipinski definition) is 1. The van der Waals surface area contributed by atoms with Crippen molar-refractivity contribution in [2.75, 3.05) is 5.32 Å². The van der Waals surface area contributed by atoms with E-state index in [1.54, 1.807) is 0 Å². The number of pyridine rings is 1. The van der Waals surface area contributed by atoms with Gasteiger partial charge in [0.25, 0.3) is 0 Å². The number of benzene rings is 1. The molecule has 0 aliphatic heterocycles. The minimum atomic E-state index is 0.149. The quantitative estimate of drug-likeness (QED) is 0.869. The summed E-state index contributed by atoms with van der Waals surface area (Å²) in [6.45, 7) is 8.74. The first-order chi connectivity index (χ1) is 8.97. The van der Waals surface area contributed by atoms with E-state index in [1.807, 2.05) is 12.3 Å². The van der Waals surface area contributed by atoms with Gasteiger partial charge in [-0.3, -0.25) is 0 Å². The number of rotatable bonds is 3. The Hall–Kier alpha value is -1.83. The summed E-state index contributed by atoms with van der Waals surface area (Å²) < 4.78 is 0. The first-order valence-corrected chi connectivity index (χ1v) is 6.75. The molecule has 0 spiro atoms. The lowest BCUT2D eigenvalue weighted by atomic mass is 9.88. The SMILES string of the molecule is CC(Nc1ccc(C(C)(C)C)cn1)c1ccccc1. The normalized spacial score (nSPS) is 13.1. The van der Waals surface area contributed by atoms with Gasteiger partial charge in [-0.2, -0.15) is 0 Å². The molecular weight excluding hydrogens is 232 g/mol. The van der Waals surface area contributed by atoms with Crippen LogP contribution in [0.2, 0.25) is 0 Å². The van der Waals surface area contributed by atoms with Gasteiger partial charge in [0.1, 0.15) is 5.82 Å². The summed E-state index contributed by atoms with van der Waals surface area (Å²) in [4.78, 5) is 4.50. The fourth-order valence-corrected chi connectivity index (χ4v) is 1.97. The van der Waals surface area contributed by atoms with Crippen LogP contribution in [0.4, 0.5) is 5.82 Å². The second kappa shape index (κ2) is 5.43. The molecule has 0 saturated carbocycles. The average Bonchev–Trinajstić information content (AvgIpc) is 2.39. The molecule has 1 aromatic carbocycles. The van der Waals surface area contributed by atoms with Crippen LogP contribution in [0.25, 0.3) is 0 Å². The molecule has 1 unspecified atom stereocenters. The third-order valence-electron chi connectivity index (χ3n) is 3.29. The molecule has 2 heteroatoms. The third kappa shape index (κ3) is 3.57. The van der Waals surface area contributed by atoms with Gasteiger partial charge in [-0.1, -0.05) is 57.2 Å². The maximum atomic E-state index is 4.50. The highest BCUT2D eigenvalue weighted by atomic mass is 15.0. The monoisotopic (exact) mass is 254 g/mol. The van der Waals surface area contributed by atoms with E-state index < -0.39 is 0 Å². The van der Waals surface area contributed by atoms with Gasteiger partial charge in [0, 0.05) is 12.2 Å². The Morgan fingerprint density at radius 2 is 1.68 bits per heavy atom. The Labute approximate surface area is 115 Å². The molecule has 1 aromatic heterocycles. The number of nitrogens with one attached hydrogen (secondary N) is 1. The van der Waals surface area contributed by atoms with Gasteiger partial charge in [0.2, 0.25) is 0 Å². The van der Waals surface area contributed by atoms with Crippen molar-refractivity contribution >= 4 is 5.82 Å². The third-order valence-corrected chi connectivity index (χ3v) is 3.29. The number of aromatic nitrogens is 1. The van der Waals surface area contributed by atoms with Gasteiger partial charge in [0.15, 0.2) is 0 Å². The second-order valence-corrected chi connectivity index (χ2v) is 5.96. The standard InChI is InChI=1S/C17H22N2/c1-13(14-8-6-5-7-9-14)19-16-11-10-15(12-18-16)17(2,3)4/h5-13H,1-4H3,(H,18,19). The lowest BCUT2D eigenvalue weighted by Crippen LogP contribution is -2.12. The van der Waals surface area contributed by atoms with Gasteiger partial charge in [-0.15, -0.1) is 0 Å². The Morgan fingerprint density at radius 3 is 2.21 bits per heavy atom. The molecule has 0 aliphatic rings. The molecule has 2 nitrogen and oxygen atoms in total.